The van der Waals surface area contributed by atoms with Gasteiger partial charge in [0.15, 0.2) is 0 Å². The molecule has 1 aromatic carbocycles. The molecule has 0 spiro atoms. The first-order valence-electron chi connectivity index (χ1n) is 10.3. The second-order valence-electron chi connectivity index (χ2n) is 9.56. The third kappa shape index (κ3) is 5.61. The zero-order chi connectivity index (χ0) is 22.8. The van der Waals surface area contributed by atoms with Crippen LogP contribution in [0.1, 0.15) is 72.8 Å². The second-order valence-corrected chi connectivity index (χ2v) is 10.5. The van der Waals surface area contributed by atoms with Crippen LogP contribution < -0.4 is 10.6 Å². The highest BCUT2D eigenvalue weighted by Gasteiger charge is 2.26. The van der Waals surface area contributed by atoms with Crippen LogP contribution in [-0.2, 0) is 17.5 Å². The fourth-order valence-electron chi connectivity index (χ4n) is 2.99. The smallest absolute Gasteiger partial charge is 0.261 e. The average Bonchev–Trinajstić information content (AvgIpc) is 3.36. The number of rotatable bonds is 5. The summed E-state index contributed by atoms with van der Waals surface area (Å²) in [5.74, 6) is 0.386. The van der Waals surface area contributed by atoms with Gasteiger partial charge in [0.1, 0.15) is 5.82 Å². The molecule has 7 heteroatoms. The van der Waals surface area contributed by atoms with Crippen molar-refractivity contribution >= 4 is 29.0 Å². The number of hydrogen-bond acceptors (Lipinski definition) is 4. The molecule has 164 valence electrons. The van der Waals surface area contributed by atoms with E-state index in [1.165, 1.54) is 11.3 Å². The topological polar surface area (TPSA) is 76.0 Å². The molecular formula is C24H30N4O2S. The molecule has 6 nitrogen and oxygen atoms in total. The van der Waals surface area contributed by atoms with Crippen LogP contribution in [0.5, 0.6) is 0 Å². The van der Waals surface area contributed by atoms with E-state index < -0.39 is 0 Å². The predicted octanol–water partition coefficient (Wildman–Crippen LogP) is 5.18. The Kier molecular flexibility index (Phi) is 6.36. The van der Waals surface area contributed by atoms with E-state index in [4.69, 9.17) is 5.10 Å². The van der Waals surface area contributed by atoms with E-state index in [0.29, 0.717) is 22.8 Å². The minimum Gasteiger partial charge on any atom is -0.347 e. The van der Waals surface area contributed by atoms with Crippen LogP contribution in [0.4, 0.5) is 5.82 Å². The standard InChI is InChI=1S/C24H30N4O2S/c1-23(2,3)19-14-20(28(27-19)24(4,5)6)26-21(29)17-11-9-16(10-12-17)15-25-22(30)18-8-7-13-31-18/h7-14H,15H2,1-6H3,(H,25,30)(H,26,29). The Balaban J connectivity index is 1.70. The molecule has 0 aliphatic heterocycles. The average molecular weight is 439 g/mol. The molecule has 2 N–H and O–H groups in total. The first kappa shape index (κ1) is 22.7. The van der Waals surface area contributed by atoms with Crippen LogP contribution in [-0.4, -0.2) is 21.6 Å². The van der Waals surface area contributed by atoms with Crippen molar-refractivity contribution < 1.29 is 9.59 Å². The number of thiophene rings is 1. The molecule has 0 unspecified atom stereocenters. The second kappa shape index (κ2) is 8.67. The molecule has 0 fully saturated rings. The first-order chi connectivity index (χ1) is 14.4. The van der Waals surface area contributed by atoms with Crippen LogP contribution >= 0.6 is 11.3 Å². The van der Waals surface area contributed by atoms with E-state index in [1.807, 2.05) is 34.3 Å². The fourth-order valence-corrected chi connectivity index (χ4v) is 3.63. The third-order valence-corrected chi connectivity index (χ3v) is 5.64. The fraction of sp³-hybridized carbons (Fsp3) is 0.375. The summed E-state index contributed by atoms with van der Waals surface area (Å²) in [7, 11) is 0. The number of hydrogen-bond donors (Lipinski definition) is 2. The van der Waals surface area contributed by atoms with Gasteiger partial charge in [-0.3, -0.25) is 9.59 Å². The molecule has 3 aromatic rings. The summed E-state index contributed by atoms with van der Waals surface area (Å²) >= 11 is 1.41. The molecule has 2 aromatic heterocycles. The van der Waals surface area contributed by atoms with Gasteiger partial charge in [0.05, 0.1) is 16.1 Å². The lowest BCUT2D eigenvalue weighted by molar-refractivity contribution is 0.0953. The van der Waals surface area contributed by atoms with Gasteiger partial charge in [0, 0.05) is 23.6 Å². The largest absolute Gasteiger partial charge is 0.347 e. The number of carbonyl (C=O) groups is 2. The van der Waals surface area contributed by atoms with Gasteiger partial charge >= 0.3 is 0 Å². The highest BCUT2D eigenvalue weighted by molar-refractivity contribution is 7.12. The van der Waals surface area contributed by atoms with Crippen LogP contribution in [0.15, 0.2) is 47.8 Å². The number of anilines is 1. The maximum absolute atomic E-state index is 12.9. The summed E-state index contributed by atoms with van der Waals surface area (Å²) in [5.41, 5.74) is 2.01. The molecule has 2 heterocycles. The molecule has 0 saturated heterocycles. The molecule has 0 aliphatic carbocycles. The molecule has 0 radical (unpaired) electrons. The van der Waals surface area contributed by atoms with Crippen molar-refractivity contribution in [2.24, 2.45) is 0 Å². The zero-order valence-electron chi connectivity index (χ0n) is 18.9. The number of amides is 2. The van der Waals surface area contributed by atoms with Crippen LogP contribution in [0.2, 0.25) is 0 Å². The van der Waals surface area contributed by atoms with Gasteiger partial charge in [-0.1, -0.05) is 39.0 Å². The van der Waals surface area contributed by atoms with Crippen molar-refractivity contribution in [3.8, 4) is 0 Å². The Bertz CT molecular complexity index is 1050. The van der Waals surface area contributed by atoms with Gasteiger partial charge in [-0.2, -0.15) is 5.10 Å². The van der Waals surface area contributed by atoms with Crippen LogP contribution in [0.3, 0.4) is 0 Å². The molecular weight excluding hydrogens is 408 g/mol. The summed E-state index contributed by atoms with van der Waals surface area (Å²) in [6.07, 6.45) is 0. The maximum atomic E-state index is 12.9. The van der Waals surface area contributed by atoms with Gasteiger partial charge in [-0.05, 0) is 49.9 Å². The molecule has 0 aliphatic rings. The van der Waals surface area contributed by atoms with E-state index in [0.717, 1.165) is 11.3 Å². The van der Waals surface area contributed by atoms with E-state index >= 15 is 0 Å². The van der Waals surface area contributed by atoms with E-state index in [1.54, 1.807) is 18.2 Å². The molecule has 3 rings (SSSR count). The Morgan fingerprint density at radius 3 is 2.23 bits per heavy atom. The lowest BCUT2D eigenvalue weighted by atomic mass is 9.92. The van der Waals surface area contributed by atoms with E-state index in [2.05, 4.69) is 52.2 Å². The van der Waals surface area contributed by atoms with Gasteiger partial charge in [-0.15, -0.1) is 11.3 Å². The zero-order valence-corrected chi connectivity index (χ0v) is 19.8. The van der Waals surface area contributed by atoms with Crippen molar-refractivity contribution in [2.75, 3.05) is 5.32 Å². The number of nitrogens with one attached hydrogen (secondary N) is 2. The number of aromatic nitrogens is 2. The van der Waals surface area contributed by atoms with Crippen molar-refractivity contribution in [2.45, 2.75) is 59.0 Å². The normalized spacial score (nSPS) is 11.9. The van der Waals surface area contributed by atoms with Crippen molar-refractivity contribution in [1.82, 2.24) is 15.1 Å². The number of carbonyl (C=O) groups excluding carboxylic acids is 2. The molecule has 31 heavy (non-hydrogen) atoms. The minimum atomic E-state index is -0.267. The molecule has 0 saturated carbocycles. The summed E-state index contributed by atoms with van der Waals surface area (Å²) in [6, 6.07) is 12.8. The van der Waals surface area contributed by atoms with E-state index in [-0.39, 0.29) is 22.8 Å². The van der Waals surface area contributed by atoms with Gasteiger partial charge in [-0.25, -0.2) is 4.68 Å². The molecule has 2 amide bonds. The SMILES string of the molecule is CC(C)(C)c1cc(NC(=O)c2ccc(CNC(=O)c3cccs3)cc2)n(C(C)(C)C)n1. The molecule has 0 bridgehead atoms. The van der Waals surface area contributed by atoms with Crippen molar-refractivity contribution in [3.63, 3.8) is 0 Å². The van der Waals surface area contributed by atoms with Gasteiger partial charge in [0.2, 0.25) is 0 Å². The van der Waals surface area contributed by atoms with Crippen LogP contribution in [0.25, 0.3) is 0 Å². The highest BCUT2D eigenvalue weighted by atomic mass is 32.1. The Morgan fingerprint density at radius 1 is 1.00 bits per heavy atom. The van der Waals surface area contributed by atoms with E-state index in [9.17, 15) is 9.59 Å². The maximum Gasteiger partial charge on any atom is 0.261 e. The summed E-state index contributed by atoms with van der Waals surface area (Å²) in [4.78, 5) is 25.6. The lowest BCUT2D eigenvalue weighted by Crippen LogP contribution is -2.27. The Morgan fingerprint density at radius 2 is 1.68 bits per heavy atom. The minimum absolute atomic E-state index is 0.0954. The molecule has 0 atom stereocenters. The van der Waals surface area contributed by atoms with Crippen LogP contribution in [0, 0.1) is 0 Å². The number of nitrogens with zero attached hydrogens (tertiary/aromatic N) is 2. The Labute approximate surface area is 187 Å². The highest BCUT2D eigenvalue weighted by Crippen LogP contribution is 2.28. The number of benzene rings is 1. The van der Waals surface area contributed by atoms with Gasteiger partial charge in [0.25, 0.3) is 11.8 Å². The summed E-state index contributed by atoms with van der Waals surface area (Å²) in [6.45, 7) is 12.9. The quantitative estimate of drug-likeness (QED) is 0.576. The summed E-state index contributed by atoms with van der Waals surface area (Å²) < 4.78 is 1.86. The van der Waals surface area contributed by atoms with Crippen molar-refractivity contribution in [3.05, 3.63) is 69.5 Å². The summed E-state index contributed by atoms with van der Waals surface area (Å²) in [5, 5.41) is 12.5. The Hall–Kier alpha value is -2.93. The van der Waals surface area contributed by atoms with Gasteiger partial charge < -0.3 is 10.6 Å². The predicted molar refractivity (Wildman–Crippen MR) is 126 cm³/mol. The first-order valence-corrected chi connectivity index (χ1v) is 11.2. The third-order valence-electron chi connectivity index (χ3n) is 4.77. The lowest BCUT2D eigenvalue weighted by Gasteiger charge is -2.23. The van der Waals surface area contributed by atoms with Crippen molar-refractivity contribution in [1.29, 1.82) is 0 Å². The monoisotopic (exact) mass is 438 g/mol.